The van der Waals surface area contributed by atoms with Gasteiger partial charge in [-0.25, -0.2) is 4.98 Å². The molecule has 0 spiro atoms. The lowest BCUT2D eigenvalue weighted by Gasteiger charge is -2.18. The van der Waals surface area contributed by atoms with E-state index in [-0.39, 0.29) is 17.5 Å². The van der Waals surface area contributed by atoms with Gasteiger partial charge in [0.05, 0.1) is 29.2 Å². The molecule has 1 unspecified atom stereocenters. The summed E-state index contributed by atoms with van der Waals surface area (Å²) in [5, 5.41) is 4.30. The minimum atomic E-state index is -0.277. The topological polar surface area (TPSA) is 89.0 Å². The van der Waals surface area contributed by atoms with E-state index in [1.165, 1.54) is 0 Å². The number of carbonyl (C=O) groups is 1. The van der Waals surface area contributed by atoms with Crippen LogP contribution in [0.5, 0.6) is 0 Å². The van der Waals surface area contributed by atoms with E-state index in [2.05, 4.69) is 10.3 Å². The number of aromatic amines is 1. The van der Waals surface area contributed by atoms with Crippen LogP contribution in [0.4, 0.5) is 0 Å². The van der Waals surface area contributed by atoms with Crippen molar-refractivity contribution >= 4 is 39.5 Å². The first-order valence-electron chi connectivity index (χ1n) is 10.5. The van der Waals surface area contributed by atoms with E-state index in [0.29, 0.717) is 29.5 Å². The van der Waals surface area contributed by atoms with E-state index in [4.69, 9.17) is 9.72 Å². The molecule has 8 heteroatoms. The number of nitrogens with zero attached hydrogens (tertiary/aromatic N) is 2. The van der Waals surface area contributed by atoms with Crippen molar-refractivity contribution in [2.45, 2.75) is 19.0 Å². The second-order valence-corrected chi connectivity index (χ2v) is 8.51. The Morgan fingerprint density at radius 2 is 1.94 bits per heavy atom. The molecule has 4 rings (SSSR count). The zero-order valence-corrected chi connectivity index (χ0v) is 18.9. The van der Waals surface area contributed by atoms with Crippen molar-refractivity contribution in [3.63, 3.8) is 0 Å². The van der Waals surface area contributed by atoms with Crippen molar-refractivity contribution in [2.24, 2.45) is 0 Å². The molecule has 0 saturated heterocycles. The Kier molecular flexibility index (Phi) is 6.92. The fourth-order valence-corrected chi connectivity index (χ4v) is 4.24. The van der Waals surface area contributed by atoms with Gasteiger partial charge in [-0.2, -0.15) is 11.8 Å². The maximum absolute atomic E-state index is 13.5. The second-order valence-electron chi connectivity index (χ2n) is 7.53. The number of fused-ring (bicyclic) bond motifs is 2. The average molecular weight is 451 g/mol. The predicted molar refractivity (Wildman–Crippen MR) is 129 cm³/mol. The summed E-state index contributed by atoms with van der Waals surface area (Å²) in [6.07, 6.45) is 4.40. The van der Waals surface area contributed by atoms with E-state index >= 15 is 0 Å². The standard InChI is InChI=1S/C24H26N4O3S/c1-31-13-12-28-15-18(16-7-3-4-8-17(16)24(28)30)23(29)27-21(11-14-32-2)22-25-19-9-5-6-10-20(19)26-22/h3-10,15,21H,11-14H2,1-2H3,(H,25,26)(H,27,29). The third-order valence-corrected chi connectivity index (χ3v) is 6.07. The maximum Gasteiger partial charge on any atom is 0.258 e. The Labute approximate surface area is 190 Å². The number of pyridine rings is 1. The minimum Gasteiger partial charge on any atom is -0.383 e. The molecule has 0 bridgehead atoms. The zero-order chi connectivity index (χ0) is 22.5. The Bertz CT molecular complexity index is 1260. The van der Waals surface area contributed by atoms with Crippen LogP contribution in [0.3, 0.4) is 0 Å². The molecule has 7 nitrogen and oxygen atoms in total. The Balaban J connectivity index is 1.71. The highest BCUT2D eigenvalue weighted by molar-refractivity contribution is 7.98. The van der Waals surface area contributed by atoms with Gasteiger partial charge in [0.2, 0.25) is 0 Å². The summed E-state index contributed by atoms with van der Waals surface area (Å²) in [6.45, 7) is 0.758. The first-order valence-corrected chi connectivity index (χ1v) is 11.9. The Morgan fingerprint density at radius 3 is 2.69 bits per heavy atom. The number of carbonyl (C=O) groups excluding carboxylic acids is 1. The third kappa shape index (κ3) is 4.56. The molecule has 1 atom stereocenters. The second kappa shape index (κ2) is 10.0. The smallest absolute Gasteiger partial charge is 0.258 e. The minimum absolute atomic E-state index is 0.134. The van der Waals surface area contributed by atoms with Gasteiger partial charge >= 0.3 is 0 Å². The molecule has 2 aromatic carbocycles. The van der Waals surface area contributed by atoms with E-state index < -0.39 is 0 Å². The molecule has 0 aliphatic rings. The van der Waals surface area contributed by atoms with Crippen molar-refractivity contribution in [1.29, 1.82) is 0 Å². The SMILES string of the molecule is COCCn1cc(C(=O)NC(CCSC)c2nc3ccccc3[nH]2)c2ccccc2c1=O. The number of H-pyrrole nitrogens is 1. The van der Waals surface area contributed by atoms with Crippen LogP contribution in [0.25, 0.3) is 21.8 Å². The quantitative estimate of drug-likeness (QED) is 0.405. The molecule has 2 aromatic heterocycles. The number of nitrogens with one attached hydrogen (secondary N) is 2. The number of amides is 1. The largest absolute Gasteiger partial charge is 0.383 e. The summed E-state index contributed by atoms with van der Waals surface area (Å²) in [6, 6.07) is 14.7. The van der Waals surface area contributed by atoms with Crippen LogP contribution in [-0.2, 0) is 11.3 Å². The number of ether oxygens (including phenoxy) is 1. The Morgan fingerprint density at radius 1 is 1.19 bits per heavy atom. The van der Waals surface area contributed by atoms with Gasteiger partial charge in [-0.05, 0) is 36.6 Å². The van der Waals surface area contributed by atoms with Gasteiger partial charge in [0.1, 0.15) is 5.82 Å². The van der Waals surface area contributed by atoms with Crippen LogP contribution >= 0.6 is 11.8 Å². The molecule has 0 aliphatic heterocycles. The normalized spacial score (nSPS) is 12.3. The first kappa shape index (κ1) is 22.1. The van der Waals surface area contributed by atoms with Crippen LogP contribution in [-0.4, -0.2) is 46.2 Å². The van der Waals surface area contributed by atoms with E-state index in [0.717, 1.165) is 29.0 Å². The molecule has 2 N–H and O–H groups in total. The van der Waals surface area contributed by atoms with Crippen molar-refractivity contribution < 1.29 is 9.53 Å². The molecule has 0 radical (unpaired) electrons. The van der Waals surface area contributed by atoms with Crippen LogP contribution in [0, 0.1) is 0 Å². The molecule has 0 fully saturated rings. The third-order valence-electron chi connectivity index (χ3n) is 5.43. The van der Waals surface area contributed by atoms with Crippen LogP contribution in [0.15, 0.2) is 59.5 Å². The average Bonchev–Trinajstić information content (AvgIpc) is 3.25. The number of para-hydroxylation sites is 2. The fourth-order valence-electron chi connectivity index (χ4n) is 3.77. The van der Waals surface area contributed by atoms with Crippen LogP contribution in [0.2, 0.25) is 0 Å². The van der Waals surface area contributed by atoms with Gasteiger partial charge in [0.25, 0.3) is 11.5 Å². The number of hydrogen-bond acceptors (Lipinski definition) is 5. The summed E-state index contributed by atoms with van der Waals surface area (Å²) >= 11 is 1.72. The van der Waals surface area contributed by atoms with Gasteiger partial charge in [-0.3, -0.25) is 9.59 Å². The summed E-state index contributed by atoms with van der Waals surface area (Å²) in [5.74, 6) is 1.36. The Hall–Kier alpha value is -3.10. The van der Waals surface area contributed by atoms with Crippen LogP contribution in [0.1, 0.15) is 28.6 Å². The van der Waals surface area contributed by atoms with Crippen molar-refractivity contribution in [3.8, 4) is 0 Å². The molecule has 0 aliphatic carbocycles. The molecular weight excluding hydrogens is 424 g/mol. The number of methoxy groups -OCH3 is 1. The van der Waals surface area contributed by atoms with Crippen molar-refractivity contribution in [1.82, 2.24) is 19.9 Å². The highest BCUT2D eigenvalue weighted by atomic mass is 32.2. The summed E-state index contributed by atoms with van der Waals surface area (Å²) in [4.78, 5) is 34.3. The molecular formula is C24H26N4O3S. The number of thioether (sulfide) groups is 1. The highest BCUT2D eigenvalue weighted by Gasteiger charge is 2.21. The summed E-state index contributed by atoms with van der Waals surface area (Å²) in [7, 11) is 1.59. The lowest BCUT2D eigenvalue weighted by Crippen LogP contribution is -2.32. The highest BCUT2D eigenvalue weighted by Crippen LogP contribution is 2.22. The van der Waals surface area contributed by atoms with Crippen molar-refractivity contribution in [2.75, 3.05) is 25.7 Å². The van der Waals surface area contributed by atoms with E-state index in [9.17, 15) is 9.59 Å². The molecule has 1 amide bonds. The lowest BCUT2D eigenvalue weighted by atomic mass is 10.1. The monoisotopic (exact) mass is 450 g/mol. The van der Waals surface area contributed by atoms with Gasteiger partial charge in [0.15, 0.2) is 0 Å². The molecule has 0 saturated carbocycles. The molecule has 4 aromatic rings. The van der Waals surface area contributed by atoms with Gasteiger partial charge in [0, 0.05) is 30.6 Å². The predicted octanol–water partition coefficient (Wildman–Crippen LogP) is 3.75. The number of hydrogen-bond donors (Lipinski definition) is 2. The fraction of sp³-hybridized carbons (Fsp3) is 0.292. The van der Waals surface area contributed by atoms with Gasteiger partial charge < -0.3 is 19.6 Å². The summed E-state index contributed by atoms with van der Waals surface area (Å²) < 4.78 is 6.67. The number of benzene rings is 2. The number of imidazole rings is 1. The van der Waals surface area contributed by atoms with Crippen LogP contribution < -0.4 is 10.9 Å². The van der Waals surface area contributed by atoms with E-state index in [1.807, 2.05) is 48.7 Å². The van der Waals surface area contributed by atoms with Gasteiger partial charge in [-0.15, -0.1) is 0 Å². The van der Waals surface area contributed by atoms with Gasteiger partial charge in [-0.1, -0.05) is 30.3 Å². The maximum atomic E-state index is 13.5. The lowest BCUT2D eigenvalue weighted by molar-refractivity contribution is 0.0934. The number of aromatic nitrogens is 3. The zero-order valence-electron chi connectivity index (χ0n) is 18.1. The summed E-state index contributed by atoms with van der Waals surface area (Å²) in [5.41, 5.74) is 2.13. The van der Waals surface area contributed by atoms with E-state index in [1.54, 1.807) is 35.7 Å². The number of rotatable bonds is 9. The molecule has 2 heterocycles. The molecule has 166 valence electrons. The molecule has 32 heavy (non-hydrogen) atoms. The first-order chi connectivity index (χ1) is 15.6. The van der Waals surface area contributed by atoms with Crippen molar-refractivity contribution in [3.05, 3.63) is 76.5 Å².